The van der Waals surface area contributed by atoms with Crippen LogP contribution < -0.4 is 15.4 Å². The van der Waals surface area contributed by atoms with E-state index >= 15 is 0 Å². The highest BCUT2D eigenvalue weighted by Crippen LogP contribution is 2.32. The summed E-state index contributed by atoms with van der Waals surface area (Å²) >= 11 is 6.11. The van der Waals surface area contributed by atoms with Gasteiger partial charge in [-0.05, 0) is 25.5 Å². The Labute approximate surface area is 145 Å². The molecule has 0 aliphatic heterocycles. The zero-order valence-electron chi connectivity index (χ0n) is 13.8. The molecule has 6 nitrogen and oxygen atoms in total. The lowest BCUT2D eigenvalue weighted by atomic mass is 10.2. The maximum atomic E-state index is 12.1. The zero-order valence-corrected chi connectivity index (χ0v) is 14.6. The van der Waals surface area contributed by atoms with Crippen LogP contribution in [0.2, 0.25) is 5.02 Å². The van der Waals surface area contributed by atoms with E-state index in [-0.39, 0.29) is 11.6 Å². The molecule has 0 radical (unpaired) electrons. The van der Waals surface area contributed by atoms with Crippen LogP contribution in [0.4, 0.5) is 11.5 Å². The molecule has 0 bridgehead atoms. The first-order valence-electron chi connectivity index (χ1n) is 7.30. The fourth-order valence-corrected chi connectivity index (χ4v) is 2.22. The van der Waals surface area contributed by atoms with Crippen molar-refractivity contribution >= 4 is 29.0 Å². The molecule has 1 aromatic carbocycles. The minimum atomic E-state index is -0.289. The van der Waals surface area contributed by atoms with Gasteiger partial charge in [-0.15, -0.1) is 6.58 Å². The Bertz CT molecular complexity index is 777. The van der Waals surface area contributed by atoms with Crippen molar-refractivity contribution in [3.05, 3.63) is 53.0 Å². The second-order valence-corrected chi connectivity index (χ2v) is 5.52. The molecule has 1 amide bonds. The Hall–Kier alpha value is -2.60. The van der Waals surface area contributed by atoms with Gasteiger partial charge in [0.15, 0.2) is 0 Å². The molecule has 2 aromatic rings. The lowest BCUT2D eigenvalue weighted by Gasteiger charge is -2.13. The minimum Gasteiger partial charge on any atom is -0.495 e. The number of carbonyl (C=O) groups excluding carboxylic acids is 1. The van der Waals surface area contributed by atoms with Crippen LogP contribution in [-0.2, 0) is 0 Å². The maximum absolute atomic E-state index is 12.1. The molecule has 0 atom stereocenters. The van der Waals surface area contributed by atoms with Crippen molar-refractivity contribution in [3.63, 3.8) is 0 Å². The summed E-state index contributed by atoms with van der Waals surface area (Å²) in [5.74, 6) is 1.27. The molecular formula is C17H19ClN4O2. The molecule has 2 N–H and O–H groups in total. The Morgan fingerprint density at radius 2 is 2.08 bits per heavy atom. The first kappa shape index (κ1) is 17.7. The van der Waals surface area contributed by atoms with Crippen molar-refractivity contribution in [3.8, 4) is 5.75 Å². The van der Waals surface area contributed by atoms with Gasteiger partial charge < -0.3 is 15.4 Å². The number of hydrogen-bond donors (Lipinski definition) is 2. The maximum Gasteiger partial charge on any atom is 0.270 e. The molecule has 24 heavy (non-hydrogen) atoms. The van der Waals surface area contributed by atoms with E-state index in [9.17, 15) is 4.79 Å². The summed E-state index contributed by atoms with van der Waals surface area (Å²) in [6, 6.07) is 5.16. The molecule has 0 fully saturated rings. The zero-order chi connectivity index (χ0) is 17.7. The van der Waals surface area contributed by atoms with E-state index < -0.39 is 0 Å². The number of anilines is 2. The smallest absolute Gasteiger partial charge is 0.270 e. The van der Waals surface area contributed by atoms with E-state index in [2.05, 4.69) is 27.2 Å². The Kier molecular flexibility index (Phi) is 5.76. The Balaban J connectivity index is 2.33. The molecule has 7 heteroatoms. The highest BCUT2D eigenvalue weighted by molar-refractivity contribution is 6.31. The summed E-state index contributed by atoms with van der Waals surface area (Å²) in [6.07, 6.45) is 1.60. The van der Waals surface area contributed by atoms with E-state index in [0.29, 0.717) is 34.6 Å². The van der Waals surface area contributed by atoms with Crippen LogP contribution >= 0.6 is 11.6 Å². The molecule has 1 heterocycles. The third-order valence-corrected chi connectivity index (χ3v) is 3.63. The van der Waals surface area contributed by atoms with Crippen LogP contribution in [0.15, 0.2) is 30.9 Å². The number of amides is 1. The monoisotopic (exact) mass is 346 g/mol. The summed E-state index contributed by atoms with van der Waals surface area (Å²) in [6.45, 7) is 7.55. The second-order valence-electron chi connectivity index (χ2n) is 5.11. The van der Waals surface area contributed by atoms with Crippen LogP contribution in [0.5, 0.6) is 5.75 Å². The van der Waals surface area contributed by atoms with Crippen LogP contribution in [0.1, 0.15) is 21.9 Å². The number of benzene rings is 1. The summed E-state index contributed by atoms with van der Waals surface area (Å²) in [4.78, 5) is 20.5. The van der Waals surface area contributed by atoms with Crippen molar-refractivity contribution in [1.29, 1.82) is 0 Å². The van der Waals surface area contributed by atoms with E-state index in [1.165, 1.54) is 0 Å². The van der Waals surface area contributed by atoms with Gasteiger partial charge in [0.25, 0.3) is 5.91 Å². The van der Waals surface area contributed by atoms with E-state index in [1.807, 2.05) is 13.0 Å². The van der Waals surface area contributed by atoms with Gasteiger partial charge in [-0.25, -0.2) is 9.97 Å². The Morgan fingerprint density at radius 3 is 2.75 bits per heavy atom. The average Bonchev–Trinajstić information content (AvgIpc) is 2.55. The van der Waals surface area contributed by atoms with Crippen LogP contribution in [0.3, 0.4) is 0 Å². The quantitative estimate of drug-likeness (QED) is 0.784. The third-order valence-electron chi connectivity index (χ3n) is 3.22. The van der Waals surface area contributed by atoms with Crippen molar-refractivity contribution in [2.75, 3.05) is 19.0 Å². The molecule has 0 saturated heterocycles. The number of ether oxygens (including phenoxy) is 1. The SMILES string of the molecule is C=CCNC(=O)c1cc(Nc2cc(C)c(Cl)cc2OC)nc(C)n1. The van der Waals surface area contributed by atoms with Crippen molar-refractivity contribution in [2.45, 2.75) is 13.8 Å². The van der Waals surface area contributed by atoms with Gasteiger partial charge in [0, 0.05) is 23.7 Å². The van der Waals surface area contributed by atoms with E-state index in [4.69, 9.17) is 16.3 Å². The lowest BCUT2D eigenvalue weighted by molar-refractivity contribution is 0.0952. The van der Waals surface area contributed by atoms with E-state index in [1.54, 1.807) is 32.2 Å². The largest absolute Gasteiger partial charge is 0.495 e. The average molecular weight is 347 g/mol. The summed E-state index contributed by atoms with van der Waals surface area (Å²) in [7, 11) is 1.56. The van der Waals surface area contributed by atoms with Gasteiger partial charge in [-0.1, -0.05) is 17.7 Å². The molecule has 1 aromatic heterocycles. The first-order valence-corrected chi connectivity index (χ1v) is 7.68. The third kappa shape index (κ3) is 4.23. The fourth-order valence-electron chi connectivity index (χ4n) is 2.07. The highest BCUT2D eigenvalue weighted by Gasteiger charge is 2.12. The van der Waals surface area contributed by atoms with Crippen LogP contribution in [0, 0.1) is 13.8 Å². The van der Waals surface area contributed by atoms with Gasteiger partial charge >= 0.3 is 0 Å². The fraction of sp³-hybridized carbons (Fsp3) is 0.235. The molecule has 2 rings (SSSR count). The molecule has 0 aliphatic rings. The number of nitrogens with one attached hydrogen (secondary N) is 2. The molecular weight excluding hydrogens is 328 g/mol. The van der Waals surface area contributed by atoms with Gasteiger partial charge in [0.05, 0.1) is 12.8 Å². The summed E-state index contributed by atoms with van der Waals surface area (Å²) in [5.41, 5.74) is 1.88. The molecule has 0 aliphatic carbocycles. The van der Waals surface area contributed by atoms with Crippen LogP contribution in [0.25, 0.3) is 0 Å². The predicted molar refractivity (Wildman–Crippen MR) is 95.3 cm³/mol. The van der Waals surface area contributed by atoms with Crippen molar-refractivity contribution < 1.29 is 9.53 Å². The topological polar surface area (TPSA) is 76.1 Å². The number of halogens is 1. The number of hydrogen-bond acceptors (Lipinski definition) is 5. The van der Waals surface area contributed by atoms with Gasteiger partial charge in [0.1, 0.15) is 23.1 Å². The highest BCUT2D eigenvalue weighted by atomic mass is 35.5. The van der Waals surface area contributed by atoms with Crippen molar-refractivity contribution in [1.82, 2.24) is 15.3 Å². The van der Waals surface area contributed by atoms with Gasteiger partial charge in [-0.3, -0.25) is 4.79 Å². The molecule has 126 valence electrons. The number of nitrogens with zero attached hydrogens (tertiary/aromatic N) is 2. The van der Waals surface area contributed by atoms with Gasteiger partial charge in [-0.2, -0.15) is 0 Å². The number of rotatable bonds is 6. The van der Waals surface area contributed by atoms with Crippen LogP contribution in [-0.4, -0.2) is 29.5 Å². The first-order chi connectivity index (χ1) is 11.4. The van der Waals surface area contributed by atoms with Crippen molar-refractivity contribution in [2.24, 2.45) is 0 Å². The number of aromatic nitrogens is 2. The standard InChI is InChI=1S/C17H19ClN4O2/c1-5-6-19-17(23)14-9-16(21-11(3)20-14)22-13-7-10(2)12(18)8-15(13)24-4/h5,7-9H,1,6H2,2-4H3,(H,19,23)(H,20,21,22). The van der Waals surface area contributed by atoms with Gasteiger partial charge in [0.2, 0.25) is 0 Å². The lowest BCUT2D eigenvalue weighted by Crippen LogP contribution is -2.24. The number of aryl methyl sites for hydroxylation is 2. The number of carbonyl (C=O) groups is 1. The summed E-state index contributed by atoms with van der Waals surface area (Å²) in [5, 5.41) is 6.45. The second kappa shape index (κ2) is 7.79. The van der Waals surface area contributed by atoms with E-state index in [0.717, 1.165) is 5.56 Å². The summed E-state index contributed by atoms with van der Waals surface area (Å²) < 4.78 is 5.33. The predicted octanol–water partition coefficient (Wildman–Crippen LogP) is 3.41. The molecule has 0 unspecified atom stereocenters. The Morgan fingerprint density at radius 1 is 1.33 bits per heavy atom. The molecule has 0 saturated carbocycles. The minimum absolute atomic E-state index is 0.275. The normalized spacial score (nSPS) is 10.2. The number of methoxy groups -OCH3 is 1. The molecule has 0 spiro atoms.